The van der Waals surface area contributed by atoms with Crippen molar-refractivity contribution in [2.45, 2.75) is 51.1 Å². The van der Waals surface area contributed by atoms with Gasteiger partial charge in [0.25, 0.3) is 0 Å². The first-order valence-corrected chi connectivity index (χ1v) is 12.6. The molecule has 180 valence electrons. The smallest absolute Gasteiger partial charge is 0.225 e. The number of hydrogen-bond acceptors (Lipinski definition) is 5. The summed E-state index contributed by atoms with van der Waals surface area (Å²) in [7, 11) is 1.82. The summed E-state index contributed by atoms with van der Waals surface area (Å²) in [5, 5.41) is 7.12. The van der Waals surface area contributed by atoms with Crippen LogP contribution in [0.1, 0.15) is 47.9 Å². The van der Waals surface area contributed by atoms with Crippen LogP contribution in [-0.2, 0) is 9.53 Å². The molecule has 1 aromatic rings. The molecule has 2 saturated heterocycles. The molecule has 3 fully saturated rings. The molecule has 1 saturated carbocycles. The molecule has 3 heterocycles. The molecule has 32 heavy (non-hydrogen) atoms. The van der Waals surface area contributed by atoms with Crippen molar-refractivity contribution >= 4 is 47.2 Å². The minimum atomic E-state index is 0. The van der Waals surface area contributed by atoms with Crippen molar-refractivity contribution in [2.75, 3.05) is 53.0 Å². The lowest BCUT2D eigenvalue weighted by molar-refractivity contribution is -0.134. The molecule has 0 aromatic carbocycles. The van der Waals surface area contributed by atoms with Gasteiger partial charge in [-0.2, -0.15) is 0 Å². The molecule has 9 heteroatoms. The van der Waals surface area contributed by atoms with Gasteiger partial charge in [0.05, 0.1) is 19.3 Å². The number of guanidine groups is 1. The number of amides is 1. The van der Waals surface area contributed by atoms with Crippen LogP contribution >= 0.6 is 35.3 Å². The fourth-order valence-electron chi connectivity index (χ4n) is 5.02. The van der Waals surface area contributed by atoms with Gasteiger partial charge in [0, 0.05) is 61.5 Å². The molecule has 3 aliphatic rings. The highest BCUT2D eigenvalue weighted by molar-refractivity contribution is 14.0. The van der Waals surface area contributed by atoms with Gasteiger partial charge in [0.15, 0.2) is 5.96 Å². The molecule has 2 N–H and O–H groups in total. The van der Waals surface area contributed by atoms with Gasteiger partial charge in [-0.1, -0.05) is 12.8 Å². The zero-order valence-corrected chi connectivity index (χ0v) is 22.5. The highest BCUT2D eigenvalue weighted by Gasteiger charge is 2.32. The first kappa shape index (κ1) is 25.7. The Hall–Kier alpha value is -0.910. The van der Waals surface area contributed by atoms with Gasteiger partial charge in [-0.15, -0.1) is 35.3 Å². The van der Waals surface area contributed by atoms with E-state index < -0.39 is 0 Å². The van der Waals surface area contributed by atoms with E-state index in [-0.39, 0.29) is 35.9 Å². The third-order valence-corrected chi connectivity index (χ3v) is 7.91. The van der Waals surface area contributed by atoms with Crippen molar-refractivity contribution < 1.29 is 9.53 Å². The Bertz CT molecular complexity index is 761. The molecule has 7 nitrogen and oxygen atoms in total. The van der Waals surface area contributed by atoms with Crippen LogP contribution in [0.15, 0.2) is 17.1 Å². The number of carbonyl (C=O) groups is 1. The Labute approximate surface area is 213 Å². The maximum absolute atomic E-state index is 12.7. The third-order valence-electron chi connectivity index (χ3n) is 6.81. The molecule has 0 bridgehead atoms. The lowest BCUT2D eigenvalue weighted by Crippen LogP contribution is -2.49. The van der Waals surface area contributed by atoms with E-state index in [0.29, 0.717) is 11.9 Å². The minimum absolute atomic E-state index is 0. The second kappa shape index (κ2) is 12.5. The predicted molar refractivity (Wildman–Crippen MR) is 141 cm³/mol. The van der Waals surface area contributed by atoms with Crippen LogP contribution in [0.3, 0.4) is 0 Å². The summed E-state index contributed by atoms with van der Waals surface area (Å²) in [5.41, 5.74) is 0. The quantitative estimate of drug-likeness (QED) is 0.310. The van der Waals surface area contributed by atoms with Crippen LogP contribution in [0.4, 0.5) is 0 Å². The van der Waals surface area contributed by atoms with Gasteiger partial charge in [0.2, 0.25) is 5.91 Å². The van der Waals surface area contributed by atoms with Gasteiger partial charge >= 0.3 is 0 Å². The van der Waals surface area contributed by atoms with E-state index in [9.17, 15) is 4.79 Å². The zero-order valence-electron chi connectivity index (χ0n) is 19.3. The Morgan fingerprint density at radius 3 is 2.62 bits per heavy atom. The maximum Gasteiger partial charge on any atom is 0.225 e. The van der Waals surface area contributed by atoms with E-state index in [4.69, 9.17) is 4.74 Å². The number of halogens is 1. The van der Waals surface area contributed by atoms with E-state index in [0.717, 1.165) is 71.2 Å². The number of likely N-dealkylation sites (tertiary alicyclic amines) is 1. The fourth-order valence-corrected chi connectivity index (χ4v) is 6.03. The number of rotatable bonds is 6. The van der Waals surface area contributed by atoms with Crippen molar-refractivity contribution in [3.63, 3.8) is 0 Å². The molecule has 4 rings (SSSR count). The Morgan fingerprint density at radius 2 is 1.97 bits per heavy atom. The van der Waals surface area contributed by atoms with Crippen LogP contribution < -0.4 is 10.6 Å². The van der Waals surface area contributed by atoms with Gasteiger partial charge in [-0.25, -0.2) is 0 Å². The van der Waals surface area contributed by atoms with E-state index in [1.165, 1.54) is 22.6 Å². The van der Waals surface area contributed by atoms with Gasteiger partial charge in [0.1, 0.15) is 0 Å². The highest BCUT2D eigenvalue weighted by atomic mass is 127. The molecule has 0 spiro atoms. The van der Waals surface area contributed by atoms with Crippen molar-refractivity contribution in [2.24, 2.45) is 10.9 Å². The van der Waals surface area contributed by atoms with Gasteiger partial charge in [-0.05, 0) is 38.3 Å². The van der Waals surface area contributed by atoms with Crippen molar-refractivity contribution in [3.8, 4) is 0 Å². The Kier molecular flexibility index (Phi) is 10.1. The van der Waals surface area contributed by atoms with Crippen molar-refractivity contribution in [1.29, 1.82) is 0 Å². The molecule has 2 atom stereocenters. The van der Waals surface area contributed by atoms with E-state index >= 15 is 0 Å². The molecule has 1 aliphatic carbocycles. The molecule has 2 unspecified atom stereocenters. The topological polar surface area (TPSA) is 69.2 Å². The first-order valence-electron chi connectivity index (χ1n) is 11.8. The van der Waals surface area contributed by atoms with Crippen LogP contribution in [0.25, 0.3) is 0 Å². The zero-order chi connectivity index (χ0) is 21.6. The fraction of sp³-hybridized carbons (Fsp3) is 0.739. The number of nitrogens with zero attached hydrogens (tertiary/aromatic N) is 3. The summed E-state index contributed by atoms with van der Waals surface area (Å²) in [6.07, 6.45) is 5.53. The summed E-state index contributed by atoms with van der Waals surface area (Å²) in [5.74, 6) is 1.46. The molecule has 1 amide bonds. The van der Waals surface area contributed by atoms with Crippen molar-refractivity contribution in [1.82, 2.24) is 20.4 Å². The largest absolute Gasteiger partial charge is 0.379 e. The first-order chi connectivity index (χ1) is 15.1. The van der Waals surface area contributed by atoms with Crippen LogP contribution in [-0.4, -0.2) is 80.7 Å². The van der Waals surface area contributed by atoms with E-state index in [1.54, 1.807) is 0 Å². The van der Waals surface area contributed by atoms with Crippen molar-refractivity contribution in [3.05, 3.63) is 21.9 Å². The number of morpholine rings is 1. The standard InChI is InChI=1S/C23H37N5O2S.HI/c1-17-7-8-21(31-17)20(27-11-13-30-14-12-27)15-25-23(24-2)26-19-9-10-28(16-19)22(29)18-5-3-4-6-18;/h7-8,18-20H,3-6,9-16H2,1-2H3,(H2,24,25,26);1H. The lowest BCUT2D eigenvalue weighted by Gasteiger charge is -2.34. The highest BCUT2D eigenvalue weighted by Crippen LogP contribution is 2.29. The Balaban J connectivity index is 0.00000289. The lowest BCUT2D eigenvalue weighted by atomic mass is 10.1. The summed E-state index contributed by atoms with van der Waals surface area (Å²) < 4.78 is 5.57. The summed E-state index contributed by atoms with van der Waals surface area (Å²) in [4.78, 5) is 24.5. The molecule has 0 radical (unpaired) electrons. The average molecular weight is 576 g/mol. The number of thiophene rings is 1. The Morgan fingerprint density at radius 1 is 1.22 bits per heavy atom. The number of hydrogen-bond donors (Lipinski definition) is 2. The summed E-state index contributed by atoms with van der Waals surface area (Å²) in [6.45, 7) is 8.10. The van der Waals surface area contributed by atoms with Gasteiger partial charge < -0.3 is 20.3 Å². The van der Waals surface area contributed by atoms with Crippen LogP contribution in [0.5, 0.6) is 0 Å². The number of carbonyl (C=O) groups excluding carboxylic acids is 1. The summed E-state index contributed by atoms with van der Waals surface area (Å²) in [6, 6.07) is 5.03. The SMILES string of the molecule is CN=C(NCC(c1ccc(C)s1)N1CCOCC1)NC1CCN(C(=O)C2CCCC2)C1.I. The van der Waals surface area contributed by atoms with Crippen LogP contribution in [0, 0.1) is 12.8 Å². The molecule has 2 aliphatic heterocycles. The average Bonchev–Trinajstić information content (AvgIpc) is 3.56. The third kappa shape index (κ3) is 6.57. The molecular formula is C23H38IN5O2S. The maximum atomic E-state index is 12.7. The van der Waals surface area contributed by atoms with Crippen LogP contribution in [0.2, 0.25) is 0 Å². The minimum Gasteiger partial charge on any atom is -0.379 e. The number of aryl methyl sites for hydroxylation is 1. The second-order valence-electron chi connectivity index (χ2n) is 8.96. The normalized spacial score (nSPS) is 23.8. The number of nitrogens with one attached hydrogen (secondary N) is 2. The number of aliphatic imine (C=N–C) groups is 1. The monoisotopic (exact) mass is 575 g/mol. The molecule has 1 aromatic heterocycles. The van der Waals surface area contributed by atoms with Gasteiger partial charge in [-0.3, -0.25) is 14.7 Å². The molecular weight excluding hydrogens is 537 g/mol. The second-order valence-corrected chi connectivity index (χ2v) is 10.3. The predicted octanol–water partition coefficient (Wildman–Crippen LogP) is 3.00. The number of ether oxygens (including phenoxy) is 1. The van der Waals surface area contributed by atoms with E-state index in [1.807, 2.05) is 18.4 Å². The van der Waals surface area contributed by atoms with E-state index in [2.05, 4.69) is 44.5 Å². The summed E-state index contributed by atoms with van der Waals surface area (Å²) >= 11 is 1.87.